The molecule has 2 heterocycles. The second-order valence-electron chi connectivity index (χ2n) is 8.14. The Kier molecular flexibility index (Phi) is 6.60. The number of rotatable bonds is 3. The van der Waals surface area contributed by atoms with E-state index in [4.69, 9.17) is 0 Å². The number of amides is 3. The van der Waals surface area contributed by atoms with Crippen LogP contribution in [-0.4, -0.2) is 53.5 Å². The van der Waals surface area contributed by atoms with Crippen LogP contribution in [0.3, 0.4) is 0 Å². The number of nitrogens with one attached hydrogen (secondary N) is 1. The molecule has 0 radical (unpaired) electrons. The number of urea groups is 1. The monoisotopic (exact) mass is 349 g/mol. The van der Waals surface area contributed by atoms with E-state index in [0.717, 1.165) is 64.6 Å². The zero-order valence-electron chi connectivity index (χ0n) is 15.8. The molecule has 0 aromatic carbocycles. The molecular weight excluding hydrogens is 314 g/mol. The van der Waals surface area contributed by atoms with Crippen molar-refractivity contribution in [3.05, 3.63) is 0 Å². The van der Waals surface area contributed by atoms with E-state index >= 15 is 0 Å². The molecule has 2 saturated heterocycles. The Morgan fingerprint density at radius 1 is 0.880 bits per heavy atom. The highest BCUT2D eigenvalue weighted by Crippen LogP contribution is 2.27. The van der Waals surface area contributed by atoms with E-state index in [9.17, 15) is 9.59 Å². The van der Waals surface area contributed by atoms with E-state index in [1.165, 1.54) is 25.7 Å². The van der Waals surface area contributed by atoms with Crippen LogP contribution in [0.25, 0.3) is 0 Å². The van der Waals surface area contributed by atoms with E-state index in [1.54, 1.807) is 0 Å². The number of carbonyl (C=O) groups is 2. The Morgan fingerprint density at radius 2 is 1.56 bits per heavy atom. The Bertz CT molecular complexity index is 454. The number of likely N-dealkylation sites (tertiary alicyclic amines) is 2. The van der Waals surface area contributed by atoms with E-state index < -0.39 is 0 Å². The van der Waals surface area contributed by atoms with Gasteiger partial charge in [0.2, 0.25) is 5.91 Å². The predicted molar refractivity (Wildman–Crippen MR) is 99.3 cm³/mol. The van der Waals surface area contributed by atoms with Crippen LogP contribution >= 0.6 is 0 Å². The van der Waals surface area contributed by atoms with Gasteiger partial charge in [0.05, 0.1) is 0 Å². The number of nitrogens with zero attached hydrogens (tertiary/aromatic N) is 2. The van der Waals surface area contributed by atoms with Gasteiger partial charge in [-0.25, -0.2) is 4.79 Å². The van der Waals surface area contributed by atoms with Crippen LogP contribution in [-0.2, 0) is 4.79 Å². The molecule has 1 N–H and O–H groups in total. The standard InChI is InChI=1S/C20H35N3O2/c1-2-18-10-6-7-13-23(18)20(25)21-17-11-14-22(15-12-17)19(24)16-8-4-3-5-9-16/h16-18H,2-15H2,1H3,(H,21,25). The van der Waals surface area contributed by atoms with Gasteiger partial charge in [0.25, 0.3) is 0 Å². The summed E-state index contributed by atoms with van der Waals surface area (Å²) in [6.07, 6.45) is 12.2. The molecule has 1 saturated carbocycles. The molecule has 0 spiro atoms. The van der Waals surface area contributed by atoms with Gasteiger partial charge in [-0.2, -0.15) is 0 Å². The molecule has 5 nitrogen and oxygen atoms in total. The SMILES string of the molecule is CCC1CCCCN1C(=O)NC1CCN(C(=O)C2CCCCC2)CC1. The fourth-order valence-corrected chi connectivity index (χ4v) is 4.80. The minimum Gasteiger partial charge on any atom is -0.342 e. The van der Waals surface area contributed by atoms with Crippen LogP contribution in [0.1, 0.15) is 77.6 Å². The molecule has 5 heteroatoms. The van der Waals surface area contributed by atoms with Crippen molar-refractivity contribution in [3.8, 4) is 0 Å². The molecule has 3 amide bonds. The summed E-state index contributed by atoms with van der Waals surface area (Å²) in [6.45, 7) is 4.67. The number of carbonyl (C=O) groups excluding carboxylic acids is 2. The van der Waals surface area contributed by atoms with Crippen LogP contribution in [0.15, 0.2) is 0 Å². The third-order valence-electron chi connectivity index (χ3n) is 6.45. The molecule has 3 fully saturated rings. The lowest BCUT2D eigenvalue weighted by molar-refractivity contribution is -0.137. The van der Waals surface area contributed by atoms with Gasteiger partial charge < -0.3 is 15.1 Å². The van der Waals surface area contributed by atoms with E-state index in [-0.39, 0.29) is 18.0 Å². The van der Waals surface area contributed by atoms with E-state index in [2.05, 4.69) is 12.2 Å². The molecule has 0 bridgehead atoms. The first-order chi connectivity index (χ1) is 12.2. The van der Waals surface area contributed by atoms with Crippen LogP contribution < -0.4 is 5.32 Å². The molecule has 1 aliphatic carbocycles. The third-order valence-corrected chi connectivity index (χ3v) is 6.45. The second-order valence-corrected chi connectivity index (χ2v) is 8.14. The quantitative estimate of drug-likeness (QED) is 0.847. The summed E-state index contributed by atoms with van der Waals surface area (Å²) >= 11 is 0. The normalized spacial score (nSPS) is 26.5. The first-order valence-electron chi connectivity index (χ1n) is 10.5. The zero-order valence-corrected chi connectivity index (χ0v) is 15.8. The first-order valence-corrected chi connectivity index (χ1v) is 10.5. The van der Waals surface area contributed by atoms with Gasteiger partial charge >= 0.3 is 6.03 Å². The zero-order chi connectivity index (χ0) is 17.6. The summed E-state index contributed by atoms with van der Waals surface area (Å²) in [7, 11) is 0. The summed E-state index contributed by atoms with van der Waals surface area (Å²) in [5.74, 6) is 0.630. The van der Waals surface area contributed by atoms with Gasteiger partial charge in [0.1, 0.15) is 0 Å². The molecule has 1 atom stereocenters. The molecular formula is C20H35N3O2. The molecule has 1 unspecified atom stereocenters. The van der Waals surface area contributed by atoms with Gasteiger partial charge in [0, 0.05) is 37.6 Å². The maximum Gasteiger partial charge on any atom is 0.317 e. The lowest BCUT2D eigenvalue weighted by Crippen LogP contribution is -2.54. The Labute approximate surface area is 152 Å². The van der Waals surface area contributed by atoms with Crippen molar-refractivity contribution in [1.82, 2.24) is 15.1 Å². The van der Waals surface area contributed by atoms with Gasteiger partial charge in [-0.1, -0.05) is 26.2 Å². The van der Waals surface area contributed by atoms with Crippen molar-refractivity contribution in [2.24, 2.45) is 5.92 Å². The van der Waals surface area contributed by atoms with Gasteiger partial charge in [-0.3, -0.25) is 4.79 Å². The smallest absolute Gasteiger partial charge is 0.317 e. The number of hydrogen-bond acceptors (Lipinski definition) is 2. The largest absolute Gasteiger partial charge is 0.342 e. The highest BCUT2D eigenvalue weighted by Gasteiger charge is 2.31. The van der Waals surface area contributed by atoms with Crippen molar-refractivity contribution in [3.63, 3.8) is 0 Å². The van der Waals surface area contributed by atoms with Gasteiger partial charge in [0.15, 0.2) is 0 Å². The van der Waals surface area contributed by atoms with Crippen molar-refractivity contribution >= 4 is 11.9 Å². The molecule has 2 aliphatic heterocycles. The summed E-state index contributed by atoms with van der Waals surface area (Å²) in [4.78, 5) is 29.4. The summed E-state index contributed by atoms with van der Waals surface area (Å²) < 4.78 is 0. The summed E-state index contributed by atoms with van der Waals surface area (Å²) in [5.41, 5.74) is 0. The average molecular weight is 350 g/mol. The van der Waals surface area contributed by atoms with Crippen molar-refractivity contribution < 1.29 is 9.59 Å². The maximum atomic E-state index is 12.6. The summed E-state index contributed by atoms with van der Waals surface area (Å²) in [6, 6.07) is 0.743. The van der Waals surface area contributed by atoms with Crippen molar-refractivity contribution in [2.75, 3.05) is 19.6 Å². The highest BCUT2D eigenvalue weighted by atomic mass is 16.2. The van der Waals surface area contributed by atoms with E-state index in [1.807, 2.05) is 9.80 Å². The third kappa shape index (κ3) is 4.68. The molecule has 3 rings (SSSR count). The van der Waals surface area contributed by atoms with Gasteiger partial charge in [-0.05, 0) is 51.4 Å². The van der Waals surface area contributed by atoms with Crippen LogP contribution in [0.4, 0.5) is 4.79 Å². The lowest BCUT2D eigenvalue weighted by Gasteiger charge is -2.39. The van der Waals surface area contributed by atoms with Gasteiger partial charge in [-0.15, -0.1) is 0 Å². The Balaban J connectivity index is 1.44. The van der Waals surface area contributed by atoms with Crippen LogP contribution in [0, 0.1) is 5.92 Å². The topological polar surface area (TPSA) is 52.7 Å². The second kappa shape index (κ2) is 8.91. The van der Waals surface area contributed by atoms with Crippen LogP contribution in [0.2, 0.25) is 0 Å². The highest BCUT2D eigenvalue weighted by molar-refractivity contribution is 5.79. The number of piperidine rings is 2. The average Bonchev–Trinajstić information content (AvgIpc) is 2.68. The molecule has 3 aliphatic rings. The van der Waals surface area contributed by atoms with E-state index in [0.29, 0.717) is 11.9 Å². The molecule has 142 valence electrons. The van der Waals surface area contributed by atoms with Crippen molar-refractivity contribution in [1.29, 1.82) is 0 Å². The Hall–Kier alpha value is -1.26. The maximum absolute atomic E-state index is 12.6. The molecule has 0 aromatic rings. The predicted octanol–water partition coefficient (Wildman–Crippen LogP) is 3.53. The van der Waals surface area contributed by atoms with Crippen LogP contribution in [0.5, 0.6) is 0 Å². The minimum absolute atomic E-state index is 0.114. The molecule has 25 heavy (non-hydrogen) atoms. The number of hydrogen-bond donors (Lipinski definition) is 1. The Morgan fingerprint density at radius 3 is 2.24 bits per heavy atom. The summed E-state index contributed by atoms with van der Waals surface area (Å²) in [5, 5.41) is 3.24. The fraction of sp³-hybridized carbons (Fsp3) is 0.900. The minimum atomic E-state index is 0.114. The lowest BCUT2D eigenvalue weighted by atomic mass is 9.87. The molecule has 0 aromatic heterocycles. The van der Waals surface area contributed by atoms with Crippen molar-refractivity contribution in [2.45, 2.75) is 89.6 Å². The fourth-order valence-electron chi connectivity index (χ4n) is 4.80. The first kappa shape index (κ1) is 18.5.